The summed E-state index contributed by atoms with van der Waals surface area (Å²) in [6, 6.07) is 1.94. The Morgan fingerprint density at radius 3 is 2.89 bits per heavy atom. The van der Waals surface area contributed by atoms with Crippen molar-refractivity contribution < 1.29 is 5.11 Å². The maximum absolute atomic E-state index is 10.2. The molecule has 100 valence electrons. The van der Waals surface area contributed by atoms with Crippen molar-refractivity contribution >= 4 is 11.6 Å². The van der Waals surface area contributed by atoms with Gasteiger partial charge >= 0.3 is 0 Å². The third-order valence-corrected chi connectivity index (χ3v) is 3.33. The van der Waals surface area contributed by atoms with Gasteiger partial charge in [-0.2, -0.15) is 0 Å². The van der Waals surface area contributed by atoms with Gasteiger partial charge in [-0.3, -0.25) is 0 Å². The number of nitrogens with one attached hydrogen (secondary N) is 1. The second-order valence-electron chi connectivity index (χ2n) is 5.15. The van der Waals surface area contributed by atoms with E-state index in [1.165, 1.54) is 0 Å². The molecule has 0 aromatic carbocycles. The van der Waals surface area contributed by atoms with Crippen LogP contribution in [0.2, 0.25) is 0 Å². The third kappa shape index (κ3) is 2.90. The number of aliphatic hydroxyl groups is 1. The van der Waals surface area contributed by atoms with Gasteiger partial charge in [0.15, 0.2) is 0 Å². The molecule has 1 fully saturated rings. The van der Waals surface area contributed by atoms with Crippen LogP contribution in [0, 0.1) is 0 Å². The average molecular weight is 250 g/mol. The van der Waals surface area contributed by atoms with Gasteiger partial charge in [-0.05, 0) is 19.8 Å². The van der Waals surface area contributed by atoms with E-state index in [1.807, 2.05) is 27.0 Å². The molecule has 0 aliphatic carbocycles. The average Bonchev–Trinajstić information content (AvgIpc) is 2.37. The molecule has 1 aliphatic rings. The van der Waals surface area contributed by atoms with E-state index in [4.69, 9.17) is 0 Å². The molecule has 1 saturated heterocycles. The van der Waals surface area contributed by atoms with E-state index in [2.05, 4.69) is 20.2 Å². The molecule has 2 N–H and O–H groups in total. The lowest BCUT2D eigenvalue weighted by atomic mass is 9.95. The minimum atomic E-state index is -0.616. The zero-order valence-corrected chi connectivity index (χ0v) is 11.4. The van der Waals surface area contributed by atoms with Crippen molar-refractivity contribution in [2.45, 2.75) is 38.7 Å². The molecule has 0 amide bonds. The SMILES string of the molecule is CCc1nc(NC)cc(N2CCCC(C)(O)C2)n1. The highest BCUT2D eigenvalue weighted by molar-refractivity contribution is 5.49. The van der Waals surface area contributed by atoms with E-state index in [0.29, 0.717) is 6.54 Å². The first-order valence-corrected chi connectivity index (χ1v) is 6.57. The fourth-order valence-electron chi connectivity index (χ4n) is 2.35. The second-order valence-corrected chi connectivity index (χ2v) is 5.15. The number of rotatable bonds is 3. The summed E-state index contributed by atoms with van der Waals surface area (Å²) < 4.78 is 0. The van der Waals surface area contributed by atoms with Crippen LogP contribution in [-0.2, 0) is 6.42 Å². The summed E-state index contributed by atoms with van der Waals surface area (Å²) in [7, 11) is 1.86. The number of β-amino-alcohol motifs (C(OH)–C–C–N with tert-alkyl or cyclic N) is 1. The molecule has 1 aromatic rings. The number of aromatic nitrogens is 2. The smallest absolute Gasteiger partial charge is 0.134 e. The Bertz CT molecular complexity index is 397. The summed E-state index contributed by atoms with van der Waals surface area (Å²) in [4.78, 5) is 11.1. The first-order chi connectivity index (χ1) is 8.54. The number of hydrogen-bond acceptors (Lipinski definition) is 5. The minimum Gasteiger partial charge on any atom is -0.388 e. The molecule has 2 heterocycles. The molecule has 5 heteroatoms. The van der Waals surface area contributed by atoms with Gasteiger partial charge in [-0.1, -0.05) is 6.92 Å². The van der Waals surface area contributed by atoms with Crippen LogP contribution < -0.4 is 10.2 Å². The van der Waals surface area contributed by atoms with E-state index >= 15 is 0 Å². The van der Waals surface area contributed by atoms with Gasteiger partial charge in [0.05, 0.1) is 5.60 Å². The van der Waals surface area contributed by atoms with Crippen LogP contribution in [0.3, 0.4) is 0 Å². The van der Waals surface area contributed by atoms with Crippen LogP contribution in [0.1, 0.15) is 32.5 Å². The highest BCUT2D eigenvalue weighted by atomic mass is 16.3. The lowest BCUT2D eigenvalue weighted by Crippen LogP contribution is -2.46. The molecule has 18 heavy (non-hydrogen) atoms. The third-order valence-electron chi connectivity index (χ3n) is 3.33. The predicted octanol–water partition coefficient (Wildman–Crippen LogP) is 1.43. The quantitative estimate of drug-likeness (QED) is 0.850. The topological polar surface area (TPSA) is 61.3 Å². The van der Waals surface area contributed by atoms with E-state index in [9.17, 15) is 5.11 Å². The standard InChI is InChI=1S/C13H22N4O/c1-4-10-15-11(14-3)8-12(16-10)17-7-5-6-13(2,18)9-17/h8,18H,4-7,9H2,1-3H3,(H,14,15,16). The van der Waals surface area contributed by atoms with Crippen LogP contribution in [0.4, 0.5) is 11.6 Å². The lowest BCUT2D eigenvalue weighted by Gasteiger charge is -2.37. The number of piperidine rings is 1. The Morgan fingerprint density at radius 1 is 1.50 bits per heavy atom. The Hall–Kier alpha value is -1.36. The van der Waals surface area contributed by atoms with Crippen molar-refractivity contribution in [2.24, 2.45) is 0 Å². The molecular formula is C13H22N4O. The van der Waals surface area contributed by atoms with E-state index < -0.39 is 5.60 Å². The van der Waals surface area contributed by atoms with Crippen molar-refractivity contribution in [1.29, 1.82) is 0 Å². The number of aryl methyl sites for hydroxylation is 1. The van der Waals surface area contributed by atoms with Gasteiger partial charge in [-0.25, -0.2) is 9.97 Å². The van der Waals surface area contributed by atoms with Crippen LogP contribution >= 0.6 is 0 Å². The Balaban J connectivity index is 2.26. The van der Waals surface area contributed by atoms with Gasteiger partial charge in [-0.15, -0.1) is 0 Å². The molecule has 1 aromatic heterocycles. The largest absolute Gasteiger partial charge is 0.388 e. The highest BCUT2D eigenvalue weighted by Gasteiger charge is 2.29. The Kier molecular flexibility index (Phi) is 3.71. The molecule has 0 saturated carbocycles. The Morgan fingerprint density at radius 2 is 2.28 bits per heavy atom. The molecule has 5 nitrogen and oxygen atoms in total. The molecule has 0 spiro atoms. The van der Waals surface area contributed by atoms with Crippen molar-refractivity contribution in [3.05, 3.63) is 11.9 Å². The van der Waals surface area contributed by atoms with Crippen LogP contribution in [0.25, 0.3) is 0 Å². The Labute approximate surface area is 108 Å². The monoisotopic (exact) mass is 250 g/mol. The molecular weight excluding hydrogens is 228 g/mol. The maximum atomic E-state index is 10.2. The first kappa shape index (κ1) is 13.1. The molecule has 0 bridgehead atoms. The molecule has 1 aliphatic heterocycles. The zero-order chi connectivity index (χ0) is 13.2. The summed E-state index contributed by atoms with van der Waals surface area (Å²) in [5.41, 5.74) is -0.616. The predicted molar refractivity (Wildman–Crippen MR) is 73.0 cm³/mol. The summed E-state index contributed by atoms with van der Waals surface area (Å²) in [6.45, 7) is 5.51. The second kappa shape index (κ2) is 5.10. The van der Waals surface area contributed by atoms with Gasteiger partial charge in [0.1, 0.15) is 17.5 Å². The summed E-state index contributed by atoms with van der Waals surface area (Å²) >= 11 is 0. The number of nitrogens with zero attached hydrogens (tertiary/aromatic N) is 3. The van der Waals surface area contributed by atoms with Crippen molar-refractivity contribution in [3.63, 3.8) is 0 Å². The summed E-state index contributed by atoms with van der Waals surface area (Å²) in [5.74, 6) is 2.58. The van der Waals surface area contributed by atoms with Crippen LogP contribution in [-0.4, -0.2) is 40.8 Å². The van der Waals surface area contributed by atoms with Crippen molar-refractivity contribution in [3.8, 4) is 0 Å². The molecule has 1 unspecified atom stereocenters. The number of hydrogen-bond donors (Lipinski definition) is 2. The summed E-state index contributed by atoms with van der Waals surface area (Å²) in [5, 5.41) is 13.2. The van der Waals surface area contributed by atoms with Crippen LogP contribution in [0.5, 0.6) is 0 Å². The minimum absolute atomic E-state index is 0.616. The summed E-state index contributed by atoms with van der Waals surface area (Å²) in [6.07, 6.45) is 2.66. The van der Waals surface area contributed by atoms with Crippen molar-refractivity contribution in [1.82, 2.24) is 9.97 Å². The van der Waals surface area contributed by atoms with Crippen molar-refractivity contribution in [2.75, 3.05) is 30.4 Å². The normalized spacial score (nSPS) is 24.1. The van der Waals surface area contributed by atoms with Gasteiger partial charge in [0.25, 0.3) is 0 Å². The van der Waals surface area contributed by atoms with Gasteiger partial charge in [0, 0.05) is 32.6 Å². The highest BCUT2D eigenvalue weighted by Crippen LogP contribution is 2.25. The first-order valence-electron chi connectivity index (χ1n) is 6.57. The molecule has 0 radical (unpaired) electrons. The lowest BCUT2D eigenvalue weighted by molar-refractivity contribution is 0.0447. The van der Waals surface area contributed by atoms with E-state index in [-0.39, 0.29) is 0 Å². The maximum Gasteiger partial charge on any atom is 0.134 e. The van der Waals surface area contributed by atoms with E-state index in [1.54, 1.807) is 0 Å². The fraction of sp³-hybridized carbons (Fsp3) is 0.692. The van der Waals surface area contributed by atoms with Gasteiger partial charge in [0.2, 0.25) is 0 Å². The zero-order valence-electron chi connectivity index (χ0n) is 11.4. The fourth-order valence-corrected chi connectivity index (χ4v) is 2.35. The number of anilines is 2. The molecule has 1 atom stereocenters. The van der Waals surface area contributed by atoms with Crippen LogP contribution in [0.15, 0.2) is 6.07 Å². The molecule has 2 rings (SSSR count). The van der Waals surface area contributed by atoms with Gasteiger partial charge < -0.3 is 15.3 Å². The van der Waals surface area contributed by atoms with E-state index in [0.717, 1.165) is 43.3 Å².